The maximum Gasteiger partial charge on any atom is 0.231 e. The van der Waals surface area contributed by atoms with Crippen LogP contribution in [0, 0.1) is 5.82 Å². The lowest BCUT2D eigenvalue weighted by atomic mass is 9.92. The molecule has 4 heterocycles. The summed E-state index contributed by atoms with van der Waals surface area (Å²) in [4.78, 5) is 27.9. The number of ether oxygens (including phenoxy) is 1. The summed E-state index contributed by atoms with van der Waals surface area (Å²) in [5.74, 6) is -2.32. The number of anilines is 1. The number of benzene rings is 2. The lowest BCUT2D eigenvalue weighted by Crippen LogP contribution is -2.36. The molecular formula is C25H20ClFN8O2. The molecule has 12 heteroatoms. The number of carbonyl (C=O) groups is 1. The Morgan fingerprint density at radius 3 is 2.78 bits per heavy atom. The van der Waals surface area contributed by atoms with Gasteiger partial charge in [-0.25, -0.2) is 14.4 Å². The molecule has 2 N–H and O–H groups in total. The summed E-state index contributed by atoms with van der Waals surface area (Å²) < 4.78 is 22.4. The third-order valence-corrected chi connectivity index (χ3v) is 6.81. The largest absolute Gasteiger partial charge is 0.378 e. The number of hydrogen-bond donors (Lipinski definition) is 1. The van der Waals surface area contributed by atoms with Gasteiger partial charge in [-0.2, -0.15) is 0 Å². The van der Waals surface area contributed by atoms with Gasteiger partial charge in [-0.3, -0.25) is 14.2 Å². The van der Waals surface area contributed by atoms with E-state index in [9.17, 15) is 4.79 Å². The van der Waals surface area contributed by atoms with E-state index in [1.807, 2.05) is 18.2 Å². The van der Waals surface area contributed by atoms with Crippen molar-refractivity contribution in [1.29, 1.82) is 0 Å². The molecule has 0 aliphatic carbocycles. The van der Waals surface area contributed by atoms with E-state index in [0.717, 1.165) is 24.8 Å². The van der Waals surface area contributed by atoms with Crippen LogP contribution in [0.3, 0.4) is 0 Å². The predicted octanol–water partition coefficient (Wildman–Crippen LogP) is 2.98. The van der Waals surface area contributed by atoms with Crippen molar-refractivity contribution in [1.82, 2.24) is 29.5 Å². The van der Waals surface area contributed by atoms with Crippen LogP contribution < -0.4 is 10.6 Å². The highest BCUT2D eigenvalue weighted by atomic mass is 35.5. The first-order valence-corrected chi connectivity index (χ1v) is 11.9. The van der Waals surface area contributed by atoms with Crippen LogP contribution in [0.1, 0.15) is 17.2 Å². The standard InChI is InChI=1S/C25H20ClFN8O2/c26-18-9-19(27)17(8-16(18)23(25(28)36)21-10-29-11-22-33-32-13-35(21)22)24-15-2-1-14(7-20(15)30-12-31-24)34-3-5-37-6-4-34/h1-2,7-13,23H,3-6H2,(H2,28,36). The number of aromatic nitrogens is 6. The van der Waals surface area contributed by atoms with Gasteiger partial charge in [0, 0.05) is 40.9 Å². The molecule has 186 valence electrons. The van der Waals surface area contributed by atoms with Crippen LogP contribution in [-0.2, 0) is 9.53 Å². The zero-order valence-electron chi connectivity index (χ0n) is 19.4. The van der Waals surface area contributed by atoms with Crippen LogP contribution >= 0.6 is 11.6 Å². The minimum Gasteiger partial charge on any atom is -0.378 e. The van der Waals surface area contributed by atoms with Crippen molar-refractivity contribution in [2.45, 2.75) is 5.92 Å². The van der Waals surface area contributed by atoms with Crippen molar-refractivity contribution < 1.29 is 13.9 Å². The van der Waals surface area contributed by atoms with E-state index in [4.69, 9.17) is 22.1 Å². The first-order chi connectivity index (χ1) is 18.0. The van der Waals surface area contributed by atoms with Gasteiger partial charge in [0.15, 0.2) is 5.65 Å². The first kappa shape index (κ1) is 23.2. The summed E-state index contributed by atoms with van der Waals surface area (Å²) in [5, 5.41) is 8.55. The lowest BCUT2D eigenvalue weighted by Gasteiger charge is -2.29. The Hall–Kier alpha value is -4.22. The van der Waals surface area contributed by atoms with Crippen molar-refractivity contribution in [2.75, 3.05) is 31.2 Å². The number of halogens is 2. The van der Waals surface area contributed by atoms with Crippen molar-refractivity contribution in [2.24, 2.45) is 5.73 Å². The number of hydrogen-bond acceptors (Lipinski definition) is 8. The summed E-state index contributed by atoms with van der Waals surface area (Å²) in [6.45, 7) is 2.87. The Labute approximate surface area is 214 Å². The van der Waals surface area contributed by atoms with Crippen LogP contribution in [0.15, 0.2) is 55.4 Å². The summed E-state index contributed by atoms with van der Waals surface area (Å²) in [6.07, 6.45) is 5.83. The Morgan fingerprint density at radius 1 is 1.14 bits per heavy atom. The molecule has 37 heavy (non-hydrogen) atoms. The molecule has 0 saturated carbocycles. The van der Waals surface area contributed by atoms with Gasteiger partial charge >= 0.3 is 0 Å². The Kier molecular flexibility index (Phi) is 5.85. The zero-order chi connectivity index (χ0) is 25.5. The monoisotopic (exact) mass is 518 g/mol. The Balaban J connectivity index is 1.49. The van der Waals surface area contributed by atoms with Gasteiger partial charge in [0.1, 0.15) is 24.4 Å². The minimum atomic E-state index is -1.04. The highest BCUT2D eigenvalue weighted by Crippen LogP contribution is 2.37. The molecule has 10 nitrogen and oxygen atoms in total. The Bertz CT molecular complexity index is 1650. The fraction of sp³-hybridized carbons (Fsp3) is 0.200. The number of fused-ring (bicyclic) bond motifs is 2. The highest BCUT2D eigenvalue weighted by molar-refractivity contribution is 6.32. The first-order valence-electron chi connectivity index (χ1n) is 11.5. The quantitative estimate of drug-likeness (QED) is 0.376. The molecule has 2 aromatic carbocycles. The SMILES string of the molecule is NC(=O)C(c1cc(-c2ncnc3cc(N4CCOCC4)ccc23)c(F)cc1Cl)c1cncc2nncn12. The van der Waals surface area contributed by atoms with E-state index in [0.29, 0.717) is 46.7 Å². The smallest absolute Gasteiger partial charge is 0.231 e. The molecular weight excluding hydrogens is 499 g/mol. The molecule has 0 radical (unpaired) electrons. The van der Waals surface area contributed by atoms with E-state index >= 15 is 4.39 Å². The second-order valence-electron chi connectivity index (χ2n) is 8.60. The third-order valence-electron chi connectivity index (χ3n) is 6.48. The second kappa shape index (κ2) is 9.34. The molecule has 0 spiro atoms. The van der Waals surface area contributed by atoms with Gasteiger partial charge in [0.25, 0.3) is 0 Å². The molecule has 1 aliphatic heterocycles. The number of morpholine rings is 1. The Morgan fingerprint density at radius 2 is 1.97 bits per heavy atom. The van der Waals surface area contributed by atoms with Gasteiger partial charge < -0.3 is 15.4 Å². The molecule has 1 unspecified atom stereocenters. The molecule has 6 rings (SSSR count). The topological polar surface area (TPSA) is 124 Å². The maximum atomic E-state index is 15.4. The summed E-state index contributed by atoms with van der Waals surface area (Å²) in [5.41, 5.74) is 9.17. The average Bonchev–Trinajstić information content (AvgIpc) is 3.40. The van der Waals surface area contributed by atoms with E-state index < -0.39 is 17.6 Å². The van der Waals surface area contributed by atoms with Crippen molar-refractivity contribution in [3.8, 4) is 11.3 Å². The highest BCUT2D eigenvalue weighted by Gasteiger charge is 2.28. The number of rotatable bonds is 5. The molecule has 0 bridgehead atoms. The van der Waals surface area contributed by atoms with Gasteiger partial charge in [-0.1, -0.05) is 11.6 Å². The number of nitrogens with zero attached hydrogens (tertiary/aromatic N) is 7. The van der Waals surface area contributed by atoms with Crippen LogP contribution in [0.4, 0.5) is 10.1 Å². The number of primary amides is 1. The van der Waals surface area contributed by atoms with E-state index in [2.05, 4.69) is 30.0 Å². The minimum absolute atomic E-state index is 0.0445. The molecule has 1 fully saturated rings. The number of nitrogens with two attached hydrogens (primary N) is 1. The van der Waals surface area contributed by atoms with Gasteiger partial charge in [0.2, 0.25) is 5.91 Å². The number of amides is 1. The molecule has 3 aromatic heterocycles. The van der Waals surface area contributed by atoms with Gasteiger partial charge in [-0.15, -0.1) is 10.2 Å². The van der Waals surface area contributed by atoms with E-state index in [1.54, 1.807) is 4.40 Å². The van der Waals surface area contributed by atoms with Crippen LogP contribution in [-0.4, -0.2) is 61.8 Å². The zero-order valence-corrected chi connectivity index (χ0v) is 20.1. The molecule has 1 amide bonds. The van der Waals surface area contributed by atoms with Crippen molar-refractivity contribution >= 4 is 39.7 Å². The average molecular weight is 519 g/mol. The fourth-order valence-electron chi connectivity index (χ4n) is 4.69. The fourth-order valence-corrected chi connectivity index (χ4v) is 4.95. The van der Waals surface area contributed by atoms with Gasteiger partial charge in [0.05, 0.1) is 36.3 Å². The lowest BCUT2D eigenvalue weighted by molar-refractivity contribution is -0.118. The molecule has 1 aliphatic rings. The van der Waals surface area contributed by atoms with Crippen LogP contribution in [0.5, 0.6) is 0 Å². The summed E-state index contributed by atoms with van der Waals surface area (Å²) in [6, 6.07) is 8.45. The van der Waals surface area contributed by atoms with Crippen LogP contribution in [0.2, 0.25) is 5.02 Å². The predicted molar refractivity (Wildman–Crippen MR) is 135 cm³/mol. The van der Waals surface area contributed by atoms with Gasteiger partial charge in [-0.05, 0) is 35.9 Å². The molecule has 1 atom stereocenters. The number of carbonyl (C=O) groups excluding carboxylic acids is 1. The van der Waals surface area contributed by atoms with E-state index in [-0.39, 0.29) is 10.6 Å². The molecule has 5 aromatic rings. The van der Waals surface area contributed by atoms with Crippen molar-refractivity contribution in [3.63, 3.8) is 0 Å². The summed E-state index contributed by atoms with van der Waals surface area (Å²) in [7, 11) is 0. The molecule has 1 saturated heterocycles. The normalized spacial score (nSPS) is 14.8. The second-order valence-corrected chi connectivity index (χ2v) is 9.01. The van der Waals surface area contributed by atoms with E-state index in [1.165, 1.54) is 31.1 Å². The van der Waals surface area contributed by atoms with Crippen LogP contribution in [0.25, 0.3) is 27.8 Å². The summed E-state index contributed by atoms with van der Waals surface area (Å²) >= 11 is 6.47. The van der Waals surface area contributed by atoms with Crippen molar-refractivity contribution in [3.05, 3.63) is 77.5 Å². The third kappa shape index (κ3) is 4.11. The maximum absolute atomic E-state index is 15.4.